The lowest BCUT2D eigenvalue weighted by Crippen LogP contribution is -2.22. The zero-order valence-corrected chi connectivity index (χ0v) is 18.0. The van der Waals surface area contributed by atoms with Crippen LogP contribution in [0.2, 0.25) is 5.02 Å². The van der Waals surface area contributed by atoms with Gasteiger partial charge in [-0.05, 0) is 61.9 Å². The quantitative estimate of drug-likeness (QED) is 0.505. The third kappa shape index (κ3) is 5.06. The topological polar surface area (TPSA) is 87.3 Å². The third-order valence-electron chi connectivity index (χ3n) is 4.22. The summed E-state index contributed by atoms with van der Waals surface area (Å²) in [6, 6.07) is 15.1. The summed E-state index contributed by atoms with van der Waals surface area (Å²) in [4.78, 5) is 37.4. The Morgan fingerprint density at radius 3 is 2.30 bits per heavy atom. The molecule has 30 heavy (non-hydrogen) atoms. The molecule has 154 valence electrons. The summed E-state index contributed by atoms with van der Waals surface area (Å²) in [6.07, 6.45) is 0. The molecule has 0 atom stereocenters. The summed E-state index contributed by atoms with van der Waals surface area (Å²) >= 11 is 7.24. The van der Waals surface area contributed by atoms with E-state index in [2.05, 4.69) is 16.0 Å². The highest BCUT2D eigenvalue weighted by molar-refractivity contribution is 7.18. The van der Waals surface area contributed by atoms with E-state index in [1.807, 2.05) is 6.92 Å². The molecule has 0 aliphatic rings. The van der Waals surface area contributed by atoms with Crippen molar-refractivity contribution in [3.63, 3.8) is 0 Å². The smallest absolute Gasteiger partial charge is 0.266 e. The first kappa shape index (κ1) is 21.5. The van der Waals surface area contributed by atoms with Gasteiger partial charge in [0.1, 0.15) is 0 Å². The van der Waals surface area contributed by atoms with Gasteiger partial charge in [-0.25, -0.2) is 0 Å². The molecule has 0 spiro atoms. The summed E-state index contributed by atoms with van der Waals surface area (Å²) in [5, 5.41) is 9.22. The molecule has 0 saturated carbocycles. The van der Waals surface area contributed by atoms with E-state index in [-0.39, 0.29) is 17.7 Å². The minimum atomic E-state index is -0.338. The maximum absolute atomic E-state index is 12.7. The summed E-state index contributed by atoms with van der Waals surface area (Å²) in [7, 11) is 0. The molecule has 3 rings (SSSR count). The van der Waals surface area contributed by atoms with Gasteiger partial charge in [0, 0.05) is 17.8 Å². The van der Waals surface area contributed by atoms with Crippen molar-refractivity contribution in [2.24, 2.45) is 0 Å². The van der Waals surface area contributed by atoms with Crippen LogP contribution in [0.5, 0.6) is 0 Å². The highest BCUT2D eigenvalue weighted by atomic mass is 35.5. The second kappa shape index (κ2) is 9.56. The number of rotatable bonds is 6. The number of nitrogens with one attached hydrogen (secondary N) is 3. The number of thiophene rings is 1. The molecule has 0 aliphatic heterocycles. The highest BCUT2D eigenvalue weighted by Gasteiger charge is 2.17. The van der Waals surface area contributed by atoms with Crippen LogP contribution in [0.25, 0.3) is 0 Å². The first-order valence-corrected chi connectivity index (χ1v) is 10.4. The molecule has 0 fully saturated rings. The first-order valence-electron chi connectivity index (χ1n) is 9.25. The van der Waals surface area contributed by atoms with Gasteiger partial charge in [-0.2, -0.15) is 0 Å². The number of hydrogen-bond acceptors (Lipinski definition) is 4. The standard InChI is InChI=1S/C22H20ClN3O3S/c1-3-24-20(27)14-8-10-15(11-9-14)25-22(29)19-13(2)12-18(30-19)26-21(28)16-6-4-5-7-17(16)23/h4-12H,3H2,1-2H3,(H,24,27)(H,25,29)(H,26,28). The second-order valence-corrected chi connectivity index (χ2v) is 7.91. The molecule has 3 amide bonds. The van der Waals surface area contributed by atoms with Gasteiger partial charge in [0.05, 0.1) is 20.5 Å². The molecule has 1 heterocycles. The molecule has 3 N–H and O–H groups in total. The van der Waals surface area contributed by atoms with E-state index in [1.54, 1.807) is 61.5 Å². The molecular formula is C22H20ClN3O3S. The summed E-state index contributed by atoms with van der Waals surface area (Å²) in [5.41, 5.74) is 2.20. The van der Waals surface area contributed by atoms with E-state index in [1.165, 1.54) is 11.3 Å². The molecule has 0 saturated heterocycles. The SMILES string of the molecule is CCNC(=O)c1ccc(NC(=O)c2sc(NC(=O)c3ccccc3Cl)cc2C)cc1. The Labute approximate surface area is 183 Å². The molecule has 8 heteroatoms. The van der Waals surface area contributed by atoms with Crippen LogP contribution < -0.4 is 16.0 Å². The van der Waals surface area contributed by atoms with E-state index in [9.17, 15) is 14.4 Å². The van der Waals surface area contributed by atoms with Crippen LogP contribution in [-0.4, -0.2) is 24.3 Å². The first-order chi connectivity index (χ1) is 14.4. The van der Waals surface area contributed by atoms with Crippen LogP contribution in [0.1, 0.15) is 42.9 Å². The molecule has 0 radical (unpaired) electrons. The van der Waals surface area contributed by atoms with Gasteiger partial charge >= 0.3 is 0 Å². The highest BCUT2D eigenvalue weighted by Crippen LogP contribution is 2.28. The maximum atomic E-state index is 12.7. The van der Waals surface area contributed by atoms with Crippen LogP contribution in [0.4, 0.5) is 10.7 Å². The number of amides is 3. The van der Waals surface area contributed by atoms with Gasteiger partial charge in [-0.15, -0.1) is 11.3 Å². The van der Waals surface area contributed by atoms with E-state index >= 15 is 0 Å². The summed E-state index contributed by atoms with van der Waals surface area (Å²) in [6.45, 7) is 4.19. The maximum Gasteiger partial charge on any atom is 0.266 e. The Morgan fingerprint density at radius 1 is 0.933 bits per heavy atom. The van der Waals surface area contributed by atoms with Gasteiger partial charge in [0.15, 0.2) is 0 Å². The lowest BCUT2D eigenvalue weighted by atomic mass is 10.2. The fourth-order valence-electron chi connectivity index (χ4n) is 2.75. The summed E-state index contributed by atoms with van der Waals surface area (Å²) < 4.78 is 0. The average Bonchev–Trinajstić information content (AvgIpc) is 3.09. The molecule has 3 aromatic rings. The number of carbonyl (C=O) groups is 3. The zero-order chi connectivity index (χ0) is 21.7. The Kier molecular flexibility index (Phi) is 6.87. The Bertz CT molecular complexity index is 1090. The number of hydrogen-bond donors (Lipinski definition) is 3. The summed E-state index contributed by atoms with van der Waals surface area (Å²) in [5.74, 6) is -0.792. The number of halogens is 1. The van der Waals surface area contributed by atoms with Gasteiger partial charge in [-0.1, -0.05) is 23.7 Å². The van der Waals surface area contributed by atoms with Crippen molar-refractivity contribution in [3.8, 4) is 0 Å². The van der Waals surface area contributed by atoms with Gasteiger partial charge < -0.3 is 16.0 Å². The number of carbonyl (C=O) groups excluding carboxylic acids is 3. The molecule has 1 aromatic heterocycles. The molecular weight excluding hydrogens is 422 g/mol. The number of anilines is 2. The normalized spacial score (nSPS) is 10.4. The van der Waals surface area contributed by atoms with Crippen LogP contribution in [0, 0.1) is 6.92 Å². The Hall–Kier alpha value is -3.16. The third-order valence-corrected chi connectivity index (χ3v) is 5.70. The Balaban J connectivity index is 1.69. The number of benzene rings is 2. The van der Waals surface area contributed by atoms with Crippen LogP contribution in [-0.2, 0) is 0 Å². The predicted octanol–water partition coefficient (Wildman–Crippen LogP) is 4.96. The van der Waals surface area contributed by atoms with Crippen LogP contribution in [0.15, 0.2) is 54.6 Å². The van der Waals surface area contributed by atoms with E-state index in [0.29, 0.717) is 38.3 Å². The van der Waals surface area contributed by atoms with Crippen LogP contribution >= 0.6 is 22.9 Å². The van der Waals surface area contributed by atoms with Crippen molar-refractivity contribution >= 4 is 51.3 Å². The van der Waals surface area contributed by atoms with E-state index < -0.39 is 0 Å². The minimum Gasteiger partial charge on any atom is -0.352 e. The lowest BCUT2D eigenvalue weighted by molar-refractivity contribution is 0.0954. The second-order valence-electron chi connectivity index (χ2n) is 6.45. The van der Waals surface area contributed by atoms with Crippen molar-refractivity contribution < 1.29 is 14.4 Å². The fraction of sp³-hybridized carbons (Fsp3) is 0.136. The number of aryl methyl sites for hydroxylation is 1. The molecule has 2 aromatic carbocycles. The molecule has 0 aliphatic carbocycles. The Morgan fingerprint density at radius 2 is 1.63 bits per heavy atom. The molecule has 6 nitrogen and oxygen atoms in total. The van der Waals surface area contributed by atoms with Gasteiger partial charge in [-0.3, -0.25) is 14.4 Å². The average molecular weight is 442 g/mol. The monoisotopic (exact) mass is 441 g/mol. The van der Waals surface area contributed by atoms with Gasteiger partial charge in [0.2, 0.25) is 0 Å². The van der Waals surface area contributed by atoms with Crippen molar-refractivity contribution in [2.75, 3.05) is 17.2 Å². The zero-order valence-electron chi connectivity index (χ0n) is 16.4. The van der Waals surface area contributed by atoms with E-state index in [0.717, 1.165) is 5.56 Å². The van der Waals surface area contributed by atoms with Crippen LogP contribution in [0.3, 0.4) is 0 Å². The molecule has 0 bridgehead atoms. The van der Waals surface area contributed by atoms with Crippen molar-refractivity contribution in [2.45, 2.75) is 13.8 Å². The van der Waals surface area contributed by atoms with Crippen molar-refractivity contribution in [1.29, 1.82) is 0 Å². The largest absolute Gasteiger partial charge is 0.352 e. The van der Waals surface area contributed by atoms with Gasteiger partial charge in [0.25, 0.3) is 17.7 Å². The van der Waals surface area contributed by atoms with Crippen molar-refractivity contribution in [3.05, 3.63) is 81.2 Å². The lowest BCUT2D eigenvalue weighted by Gasteiger charge is -2.06. The fourth-order valence-corrected chi connectivity index (χ4v) is 3.93. The van der Waals surface area contributed by atoms with E-state index in [4.69, 9.17) is 11.6 Å². The minimum absolute atomic E-state index is 0.164. The molecule has 0 unspecified atom stereocenters. The predicted molar refractivity (Wildman–Crippen MR) is 121 cm³/mol. The van der Waals surface area contributed by atoms with Crippen molar-refractivity contribution in [1.82, 2.24) is 5.32 Å².